The number of hydrogen-bond acceptors (Lipinski definition) is 2. The van der Waals surface area contributed by atoms with Crippen LogP contribution in [-0.2, 0) is 11.3 Å². The number of carbonyl (C=O) groups is 2. The normalized spacial score (nSPS) is 11.9. The van der Waals surface area contributed by atoms with Crippen molar-refractivity contribution in [2.24, 2.45) is 5.92 Å². The third-order valence-electron chi connectivity index (χ3n) is 3.75. The zero-order chi connectivity index (χ0) is 18.4. The summed E-state index contributed by atoms with van der Waals surface area (Å²) in [6, 6.07) is 12.4. The first-order valence-corrected chi connectivity index (χ1v) is 8.75. The molecule has 0 saturated carbocycles. The smallest absolute Gasteiger partial charge is 0.251 e. The molecule has 0 unspecified atom stereocenters. The summed E-state index contributed by atoms with van der Waals surface area (Å²) in [5.74, 6) is -1.15. The number of nitrogens with one attached hydrogen (secondary N) is 2. The summed E-state index contributed by atoms with van der Waals surface area (Å²) in [5.41, 5.74) is 0.869. The lowest BCUT2D eigenvalue weighted by Crippen LogP contribution is -2.49. The molecule has 0 heterocycles. The molecule has 0 aliphatic carbocycles. The van der Waals surface area contributed by atoms with Gasteiger partial charge in [-0.2, -0.15) is 0 Å². The molecule has 2 aromatic carbocycles. The molecule has 2 amide bonds. The minimum absolute atomic E-state index is 0.0723. The summed E-state index contributed by atoms with van der Waals surface area (Å²) in [6.07, 6.45) is 0. The highest BCUT2D eigenvalue weighted by molar-refractivity contribution is 9.10. The molecule has 4 nitrogen and oxygen atoms in total. The first-order chi connectivity index (χ1) is 11.9. The van der Waals surface area contributed by atoms with Crippen molar-refractivity contribution in [3.8, 4) is 0 Å². The number of rotatable bonds is 6. The van der Waals surface area contributed by atoms with E-state index in [0.29, 0.717) is 11.1 Å². The van der Waals surface area contributed by atoms with Crippen LogP contribution in [0.4, 0.5) is 4.39 Å². The zero-order valence-corrected chi connectivity index (χ0v) is 15.6. The van der Waals surface area contributed by atoms with E-state index in [1.807, 2.05) is 13.8 Å². The van der Waals surface area contributed by atoms with Crippen LogP contribution in [0.25, 0.3) is 0 Å². The molecule has 0 aromatic heterocycles. The fourth-order valence-corrected chi connectivity index (χ4v) is 2.56. The molecule has 2 rings (SSSR count). The minimum atomic E-state index is -0.706. The lowest BCUT2D eigenvalue weighted by Gasteiger charge is -2.22. The van der Waals surface area contributed by atoms with E-state index in [1.165, 1.54) is 6.07 Å². The molecular weight excluding hydrogens is 387 g/mol. The molecule has 0 bridgehead atoms. The van der Waals surface area contributed by atoms with Crippen molar-refractivity contribution < 1.29 is 14.0 Å². The minimum Gasteiger partial charge on any atom is -0.350 e. The number of amides is 2. The summed E-state index contributed by atoms with van der Waals surface area (Å²) < 4.78 is 14.5. The van der Waals surface area contributed by atoms with Crippen molar-refractivity contribution in [2.75, 3.05) is 0 Å². The van der Waals surface area contributed by atoms with Gasteiger partial charge < -0.3 is 10.6 Å². The van der Waals surface area contributed by atoms with Gasteiger partial charge in [0.1, 0.15) is 11.9 Å². The Kier molecular flexibility index (Phi) is 6.70. The highest BCUT2D eigenvalue weighted by atomic mass is 79.9. The fraction of sp³-hybridized carbons (Fsp3) is 0.263. The topological polar surface area (TPSA) is 58.2 Å². The number of hydrogen-bond donors (Lipinski definition) is 2. The maximum atomic E-state index is 13.6. The van der Waals surface area contributed by atoms with Crippen LogP contribution in [0.5, 0.6) is 0 Å². The SMILES string of the molecule is CC(C)[C@H](NC(=O)c1ccc(Br)cc1)C(=O)NCc1ccccc1F. The molecule has 1 atom stereocenters. The van der Waals surface area contributed by atoms with Crippen molar-refractivity contribution in [1.29, 1.82) is 0 Å². The third-order valence-corrected chi connectivity index (χ3v) is 4.28. The largest absolute Gasteiger partial charge is 0.350 e. The van der Waals surface area contributed by atoms with Gasteiger partial charge in [-0.25, -0.2) is 4.39 Å². The molecule has 0 saturated heterocycles. The predicted molar refractivity (Wildman–Crippen MR) is 98.5 cm³/mol. The second kappa shape index (κ2) is 8.76. The van der Waals surface area contributed by atoms with Gasteiger partial charge in [-0.3, -0.25) is 9.59 Å². The van der Waals surface area contributed by atoms with Crippen molar-refractivity contribution in [3.05, 3.63) is 69.9 Å². The molecule has 0 radical (unpaired) electrons. The van der Waals surface area contributed by atoms with Crippen molar-refractivity contribution >= 4 is 27.7 Å². The van der Waals surface area contributed by atoms with Crippen LogP contribution in [0.15, 0.2) is 53.0 Å². The monoisotopic (exact) mass is 406 g/mol. The van der Waals surface area contributed by atoms with Gasteiger partial charge >= 0.3 is 0 Å². The fourth-order valence-electron chi connectivity index (χ4n) is 2.29. The second-order valence-electron chi connectivity index (χ2n) is 6.01. The molecule has 6 heteroatoms. The lowest BCUT2D eigenvalue weighted by atomic mass is 10.0. The lowest BCUT2D eigenvalue weighted by molar-refractivity contribution is -0.124. The zero-order valence-electron chi connectivity index (χ0n) is 14.1. The Balaban J connectivity index is 2.01. The van der Waals surface area contributed by atoms with Gasteiger partial charge in [-0.15, -0.1) is 0 Å². The van der Waals surface area contributed by atoms with E-state index < -0.39 is 6.04 Å². The summed E-state index contributed by atoms with van der Waals surface area (Å²) in [5, 5.41) is 5.43. The Hall–Kier alpha value is -2.21. The maximum Gasteiger partial charge on any atom is 0.251 e. The molecule has 0 aliphatic rings. The number of benzene rings is 2. The average molecular weight is 407 g/mol. The predicted octanol–water partition coefficient (Wildman–Crippen LogP) is 3.66. The van der Waals surface area contributed by atoms with E-state index in [1.54, 1.807) is 42.5 Å². The van der Waals surface area contributed by atoms with Crippen LogP contribution in [-0.4, -0.2) is 17.9 Å². The Morgan fingerprint density at radius 1 is 1.08 bits per heavy atom. The van der Waals surface area contributed by atoms with E-state index in [4.69, 9.17) is 0 Å². The average Bonchev–Trinajstić information content (AvgIpc) is 2.58. The van der Waals surface area contributed by atoms with E-state index in [9.17, 15) is 14.0 Å². The molecule has 0 spiro atoms. The quantitative estimate of drug-likeness (QED) is 0.768. The molecular formula is C19H20BrFN2O2. The van der Waals surface area contributed by atoms with Gasteiger partial charge in [0.15, 0.2) is 0 Å². The summed E-state index contributed by atoms with van der Waals surface area (Å²) >= 11 is 3.31. The van der Waals surface area contributed by atoms with Crippen LogP contribution in [0.2, 0.25) is 0 Å². The van der Waals surface area contributed by atoms with E-state index in [-0.39, 0.29) is 30.1 Å². The summed E-state index contributed by atoms with van der Waals surface area (Å²) in [7, 11) is 0. The molecule has 132 valence electrons. The highest BCUT2D eigenvalue weighted by Gasteiger charge is 2.24. The summed E-state index contributed by atoms with van der Waals surface area (Å²) in [4.78, 5) is 24.8. The van der Waals surface area contributed by atoms with Crippen LogP contribution in [0.1, 0.15) is 29.8 Å². The summed E-state index contributed by atoms with van der Waals surface area (Å²) in [6.45, 7) is 3.76. The van der Waals surface area contributed by atoms with Crippen LogP contribution >= 0.6 is 15.9 Å². The Morgan fingerprint density at radius 2 is 1.72 bits per heavy atom. The molecule has 25 heavy (non-hydrogen) atoms. The molecule has 2 aromatic rings. The Labute approximate surface area is 154 Å². The molecule has 0 aliphatic heterocycles. The molecule has 2 N–H and O–H groups in total. The highest BCUT2D eigenvalue weighted by Crippen LogP contribution is 2.12. The Bertz CT molecular complexity index is 747. The van der Waals surface area contributed by atoms with Crippen molar-refractivity contribution in [1.82, 2.24) is 10.6 Å². The van der Waals surface area contributed by atoms with E-state index in [0.717, 1.165) is 4.47 Å². The van der Waals surface area contributed by atoms with Gasteiger partial charge in [-0.1, -0.05) is 48.0 Å². The van der Waals surface area contributed by atoms with Crippen LogP contribution in [0.3, 0.4) is 0 Å². The van der Waals surface area contributed by atoms with Crippen molar-refractivity contribution in [2.45, 2.75) is 26.4 Å². The van der Waals surface area contributed by atoms with Crippen LogP contribution < -0.4 is 10.6 Å². The molecule has 0 fully saturated rings. The first kappa shape index (κ1) is 19.1. The third kappa shape index (κ3) is 5.39. The second-order valence-corrected chi connectivity index (χ2v) is 6.93. The van der Waals surface area contributed by atoms with Gasteiger partial charge in [0.2, 0.25) is 5.91 Å². The van der Waals surface area contributed by atoms with Gasteiger partial charge in [0, 0.05) is 22.1 Å². The van der Waals surface area contributed by atoms with Gasteiger partial charge in [-0.05, 0) is 36.2 Å². The van der Waals surface area contributed by atoms with E-state index >= 15 is 0 Å². The van der Waals surface area contributed by atoms with Gasteiger partial charge in [0.25, 0.3) is 5.91 Å². The first-order valence-electron chi connectivity index (χ1n) is 7.96. The Morgan fingerprint density at radius 3 is 2.32 bits per heavy atom. The number of carbonyl (C=O) groups excluding carboxylic acids is 2. The van der Waals surface area contributed by atoms with E-state index in [2.05, 4.69) is 26.6 Å². The standard InChI is InChI=1S/C19H20BrFN2O2/c1-12(2)17(23-18(24)13-7-9-15(20)10-8-13)19(25)22-11-14-5-3-4-6-16(14)21/h3-10,12,17H,11H2,1-2H3,(H,22,25)(H,23,24)/t17-/m0/s1. The maximum absolute atomic E-state index is 13.6. The number of halogens is 2. The van der Waals surface area contributed by atoms with Crippen molar-refractivity contribution in [3.63, 3.8) is 0 Å². The van der Waals surface area contributed by atoms with Crippen LogP contribution in [0, 0.1) is 11.7 Å². The van der Waals surface area contributed by atoms with Gasteiger partial charge in [0.05, 0.1) is 0 Å².